The van der Waals surface area contributed by atoms with Gasteiger partial charge in [-0.3, -0.25) is 0 Å². The molecule has 0 heterocycles. The zero-order valence-electron chi connectivity index (χ0n) is 21.0. The number of hydrogen-bond donors (Lipinski definition) is 4. The highest BCUT2D eigenvalue weighted by atomic mass is 16.4. The molecule has 4 rings (SSSR count). The number of fused-ring (bicyclic) bond motifs is 5. The molecule has 0 saturated heterocycles. The van der Waals surface area contributed by atoms with Gasteiger partial charge >= 0.3 is 0 Å². The van der Waals surface area contributed by atoms with Crippen LogP contribution in [0.2, 0.25) is 0 Å². The first-order valence-corrected chi connectivity index (χ1v) is 13.0. The molecule has 0 aromatic rings. The van der Waals surface area contributed by atoms with Crippen molar-refractivity contribution in [3.8, 4) is 0 Å². The van der Waals surface area contributed by atoms with Gasteiger partial charge in [-0.15, -0.1) is 0 Å². The number of hydrogen-bond acceptors (Lipinski definition) is 4. The average molecular weight is 447 g/mol. The normalized spacial score (nSPS) is 50.5. The van der Waals surface area contributed by atoms with Crippen LogP contribution in [-0.2, 0) is 0 Å². The average Bonchev–Trinajstić information content (AvgIpc) is 3.07. The van der Waals surface area contributed by atoms with E-state index in [9.17, 15) is 20.4 Å². The SMILES string of the molecule is CC(C)C(C)C=C[C@@H](C)[C@H]1CC[C@H]2C3=CC(O)C4(O)CC(O)CC[C@]4(C)[C@@]3(O)CC[C@]12C. The van der Waals surface area contributed by atoms with Gasteiger partial charge in [-0.1, -0.05) is 59.8 Å². The molecule has 182 valence electrons. The van der Waals surface area contributed by atoms with Gasteiger partial charge in [0.15, 0.2) is 0 Å². The van der Waals surface area contributed by atoms with E-state index in [4.69, 9.17) is 0 Å². The fourth-order valence-corrected chi connectivity index (χ4v) is 8.11. The van der Waals surface area contributed by atoms with Gasteiger partial charge in [0.25, 0.3) is 0 Å². The van der Waals surface area contributed by atoms with Crippen LogP contribution in [0.5, 0.6) is 0 Å². The quantitative estimate of drug-likeness (QED) is 0.475. The second kappa shape index (κ2) is 7.93. The van der Waals surface area contributed by atoms with Crippen LogP contribution in [0.4, 0.5) is 0 Å². The molecule has 4 heteroatoms. The van der Waals surface area contributed by atoms with Crippen LogP contribution in [-0.4, -0.2) is 43.8 Å². The summed E-state index contributed by atoms with van der Waals surface area (Å²) in [5.74, 6) is 2.45. The van der Waals surface area contributed by atoms with Crippen LogP contribution in [0.15, 0.2) is 23.8 Å². The van der Waals surface area contributed by atoms with E-state index in [1.807, 2.05) is 6.92 Å². The van der Waals surface area contributed by atoms with E-state index >= 15 is 0 Å². The summed E-state index contributed by atoms with van der Waals surface area (Å²) in [5, 5.41) is 45.2. The maximum absolute atomic E-state index is 12.2. The highest BCUT2D eigenvalue weighted by molar-refractivity contribution is 5.40. The maximum atomic E-state index is 12.2. The summed E-state index contributed by atoms with van der Waals surface area (Å²) in [6, 6.07) is 0. The van der Waals surface area contributed by atoms with Crippen LogP contribution in [0.3, 0.4) is 0 Å². The van der Waals surface area contributed by atoms with Gasteiger partial charge in [-0.2, -0.15) is 0 Å². The Hall–Kier alpha value is -0.680. The molecule has 0 amide bonds. The Kier molecular flexibility index (Phi) is 6.06. The third-order valence-electron chi connectivity index (χ3n) is 10.9. The Balaban J connectivity index is 1.67. The molecule has 0 aromatic heterocycles. The lowest BCUT2D eigenvalue weighted by molar-refractivity contribution is -0.258. The van der Waals surface area contributed by atoms with Crippen molar-refractivity contribution in [3.63, 3.8) is 0 Å². The molecule has 10 atom stereocenters. The van der Waals surface area contributed by atoms with E-state index in [2.05, 4.69) is 46.8 Å². The third kappa shape index (κ3) is 3.23. The van der Waals surface area contributed by atoms with Crippen LogP contribution >= 0.6 is 0 Å². The van der Waals surface area contributed by atoms with Gasteiger partial charge in [0.1, 0.15) is 11.7 Å². The Labute approximate surface area is 194 Å². The van der Waals surface area contributed by atoms with E-state index in [0.29, 0.717) is 42.9 Å². The molecule has 4 N–H and O–H groups in total. The summed E-state index contributed by atoms with van der Waals surface area (Å²) in [5.41, 5.74) is -2.40. The van der Waals surface area contributed by atoms with Crippen molar-refractivity contribution in [1.29, 1.82) is 0 Å². The molecule has 0 spiro atoms. The largest absolute Gasteiger partial charge is 0.393 e. The summed E-state index contributed by atoms with van der Waals surface area (Å²) in [7, 11) is 0. The van der Waals surface area contributed by atoms with Crippen molar-refractivity contribution in [1.82, 2.24) is 0 Å². The minimum Gasteiger partial charge on any atom is -0.393 e. The van der Waals surface area contributed by atoms with Gasteiger partial charge < -0.3 is 20.4 Å². The molecule has 4 unspecified atom stereocenters. The zero-order valence-corrected chi connectivity index (χ0v) is 21.0. The highest BCUT2D eigenvalue weighted by Crippen LogP contribution is 2.69. The summed E-state index contributed by atoms with van der Waals surface area (Å²) in [6.45, 7) is 13.5. The zero-order chi connectivity index (χ0) is 23.7. The minimum atomic E-state index is -1.49. The number of aliphatic hydroxyl groups is 4. The Morgan fingerprint density at radius 1 is 0.938 bits per heavy atom. The Morgan fingerprint density at radius 3 is 2.28 bits per heavy atom. The summed E-state index contributed by atoms with van der Waals surface area (Å²) < 4.78 is 0. The monoisotopic (exact) mass is 446 g/mol. The Bertz CT molecular complexity index is 788. The van der Waals surface area contributed by atoms with Gasteiger partial charge in [0, 0.05) is 11.8 Å². The lowest BCUT2D eigenvalue weighted by atomic mass is 9.43. The van der Waals surface area contributed by atoms with Gasteiger partial charge in [0.05, 0.1) is 11.7 Å². The van der Waals surface area contributed by atoms with E-state index in [1.54, 1.807) is 6.08 Å². The van der Waals surface area contributed by atoms with Crippen molar-refractivity contribution in [2.45, 2.75) is 110 Å². The first-order valence-electron chi connectivity index (χ1n) is 13.0. The molecule has 3 fully saturated rings. The smallest absolute Gasteiger partial charge is 0.105 e. The summed E-state index contributed by atoms with van der Waals surface area (Å²) in [6.07, 6.45) is 9.79. The number of aliphatic hydroxyl groups excluding tert-OH is 2. The standard InChI is InChI=1S/C28H46O4/c1-17(2)18(3)7-8-19(4)21-9-10-22-23-15-24(30)28(32)16-20(29)11-12-26(28,6)27(23,31)14-13-25(21,22)5/h7-8,15,17-22,24,29-32H,9-14,16H2,1-6H3/t18?,19-,20?,21-,22+,24?,25-,26-,27-,28?/m1/s1. The predicted molar refractivity (Wildman–Crippen MR) is 128 cm³/mol. The summed E-state index contributed by atoms with van der Waals surface area (Å²) in [4.78, 5) is 0. The topological polar surface area (TPSA) is 80.9 Å². The lowest BCUT2D eigenvalue weighted by Crippen LogP contribution is -2.72. The predicted octanol–water partition coefficient (Wildman–Crippen LogP) is 4.61. The van der Waals surface area contributed by atoms with Gasteiger partial charge in [-0.25, -0.2) is 0 Å². The van der Waals surface area contributed by atoms with E-state index in [-0.39, 0.29) is 17.8 Å². The van der Waals surface area contributed by atoms with E-state index in [0.717, 1.165) is 24.8 Å². The molecule has 4 aliphatic rings. The van der Waals surface area contributed by atoms with Crippen molar-refractivity contribution in [2.24, 2.45) is 40.4 Å². The highest BCUT2D eigenvalue weighted by Gasteiger charge is 2.70. The second-order valence-electron chi connectivity index (χ2n) is 12.7. The molecule has 0 aliphatic heterocycles. The van der Waals surface area contributed by atoms with Gasteiger partial charge in [0.2, 0.25) is 0 Å². The first kappa shape index (κ1) is 24.4. The van der Waals surface area contributed by atoms with E-state index in [1.165, 1.54) is 0 Å². The van der Waals surface area contributed by atoms with Crippen molar-refractivity contribution in [2.75, 3.05) is 0 Å². The molecule has 0 radical (unpaired) electrons. The molecule has 3 saturated carbocycles. The molecule has 4 nitrogen and oxygen atoms in total. The number of rotatable bonds is 4. The number of allylic oxidation sites excluding steroid dienone is 2. The minimum absolute atomic E-state index is 0.0859. The lowest BCUT2D eigenvalue weighted by Gasteiger charge is -2.65. The molecule has 0 aromatic carbocycles. The Morgan fingerprint density at radius 2 is 1.62 bits per heavy atom. The van der Waals surface area contributed by atoms with Crippen molar-refractivity contribution >= 4 is 0 Å². The van der Waals surface area contributed by atoms with Gasteiger partial charge in [-0.05, 0) is 79.1 Å². The second-order valence-corrected chi connectivity index (χ2v) is 12.7. The summed E-state index contributed by atoms with van der Waals surface area (Å²) >= 11 is 0. The van der Waals surface area contributed by atoms with Crippen molar-refractivity contribution in [3.05, 3.63) is 23.8 Å². The first-order chi connectivity index (χ1) is 14.8. The van der Waals surface area contributed by atoms with Crippen LogP contribution < -0.4 is 0 Å². The van der Waals surface area contributed by atoms with Crippen molar-refractivity contribution < 1.29 is 20.4 Å². The molecule has 0 bridgehead atoms. The molecular weight excluding hydrogens is 400 g/mol. The van der Waals surface area contributed by atoms with Crippen LogP contribution in [0.1, 0.15) is 86.5 Å². The molecule has 32 heavy (non-hydrogen) atoms. The van der Waals surface area contributed by atoms with Crippen LogP contribution in [0, 0.1) is 40.4 Å². The third-order valence-corrected chi connectivity index (χ3v) is 10.9. The van der Waals surface area contributed by atoms with E-state index < -0.39 is 28.8 Å². The fourth-order valence-electron chi connectivity index (χ4n) is 8.11. The molecule has 4 aliphatic carbocycles. The van der Waals surface area contributed by atoms with Crippen LogP contribution in [0.25, 0.3) is 0 Å². The molecular formula is C28H46O4. The fraction of sp³-hybridized carbons (Fsp3) is 0.857. The maximum Gasteiger partial charge on any atom is 0.105 e.